The van der Waals surface area contributed by atoms with Crippen LogP contribution < -0.4 is 0 Å². The molecule has 0 atom stereocenters. The number of aromatic nitrogens is 1. The molecule has 1 aromatic carbocycles. The summed E-state index contributed by atoms with van der Waals surface area (Å²) in [5.41, 5.74) is 1.79. The molecule has 0 fully saturated rings. The second-order valence-electron chi connectivity index (χ2n) is 3.89. The van der Waals surface area contributed by atoms with Crippen molar-refractivity contribution in [3.05, 3.63) is 41.4 Å². The zero-order valence-electron chi connectivity index (χ0n) is 10.6. The van der Waals surface area contributed by atoms with E-state index >= 15 is 0 Å². The first-order chi connectivity index (χ1) is 8.76. The van der Waals surface area contributed by atoms with Gasteiger partial charge in [-0.3, -0.25) is 4.79 Å². The van der Waals surface area contributed by atoms with E-state index in [1.165, 1.54) is 0 Å². The Labute approximate surface area is 111 Å². The summed E-state index contributed by atoms with van der Waals surface area (Å²) in [5, 5.41) is 2.93. The van der Waals surface area contributed by atoms with Gasteiger partial charge in [-0.2, -0.15) is 0 Å². The Kier molecular flexibility index (Phi) is 4.10. The van der Waals surface area contributed by atoms with E-state index in [1.807, 2.05) is 48.4 Å². The molecule has 1 amide bonds. The lowest BCUT2D eigenvalue weighted by atomic mass is 10.1. The van der Waals surface area contributed by atoms with Crippen molar-refractivity contribution in [3.63, 3.8) is 0 Å². The molecule has 0 saturated carbocycles. The molecule has 18 heavy (non-hydrogen) atoms. The molecule has 4 heteroatoms. The number of amides is 1. The number of thiazole rings is 1. The molecule has 0 unspecified atom stereocenters. The summed E-state index contributed by atoms with van der Waals surface area (Å²) in [4.78, 5) is 18.2. The molecule has 0 N–H and O–H groups in total. The number of rotatable bonds is 4. The van der Waals surface area contributed by atoms with Crippen LogP contribution in [0.25, 0.3) is 10.6 Å². The topological polar surface area (TPSA) is 33.2 Å². The Hall–Kier alpha value is -1.68. The maximum atomic E-state index is 12.1. The van der Waals surface area contributed by atoms with Gasteiger partial charge in [-0.05, 0) is 26.0 Å². The molecule has 94 valence electrons. The van der Waals surface area contributed by atoms with Crippen molar-refractivity contribution in [3.8, 4) is 10.6 Å². The lowest BCUT2D eigenvalue weighted by molar-refractivity contribution is 0.0773. The minimum absolute atomic E-state index is 0.0886. The van der Waals surface area contributed by atoms with Gasteiger partial charge in [0.25, 0.3) is 5.91 Å². The molecular weight excluding hydrogens is 244 g/mol. The monoisotopic (exact) mass is 260 g/mol. The second kappa shape index (κ2) is 5.78. The van der Waals surface area contributed by atoms with E-state index < -0.39 is 0 Å². The summed E-state index contributed by atoms with van der Waals surface area (Å²) in [6, 6.07) is 7.65. The predicted molar refractivity (Wildman–Crippen MR) is 74.8 cm³/mol. The number of hydrogen-bond acceptors (Lipinski definition) is 3. The normalized spacial score (nSPS) is 10.3. The maximum Gasteiger partial charge on any atom is 0.253 e. The Morgan fingerprint density at radius 1 is 1.22 bits per heavy atom. The first kappa shape index (κ1) is 12.8. The van der Waals surface area contributed by atoms with Crippen LogP contribution in [0.1, 0.15) is 24.2 Å². The van der Waals surface area contributed by atoms with Crippen LogP contribution in [-0.2, 0) is 0 Å². The summed E-state index contributed by atoms with van der Waals surface area (Å²) >= 11 is 1.60. The van der Waals surface area contributed by atoms with Gasteiger partial charge in [-0.25, -0.2) is 4.98 Å². The fourth-order valence-electron chi connectivity index (χ4n) is 1.81. The van der Waals surface area contributed by atoms with Gasteiger partial charge in [0.15, 0.2) is 0 Å². The van der Waals surface area contributed by atoms with Crippen LogP contribution in [-0.4, -0.2) is 28.9 Å². The van der Waals surface area contributed by atoms with Crippen molar-refractivity contribution < 1.29 is 4.79 Å². The van der Waals surface area contributed by atoms with Crippen molar-refractivity contribution in [2.24, 2.45) is 0 Å². The van der Waals surface area contributed by atoms with Crippen LogP contribution in [0.15, 0.2) is 35.8 Å². The van der Waals surface area contributed by atoms with E-state index in [9.17, 15) is 4.79 Å². The van der Waals surface area contributed by atoms with Gasteiger partial charge in [-0.1, -0.05) is 12.1 Å². The molecule has 0 bridgehead atoms. The van der Waals surface area contributed by atoms with E-state index in [1.54, 1.807) is 17.5 Å². The summed E-state index contributed by atoms with van der Waals surface area (Å²) in [5.74, 6) is 0.0886. The Morgan fingerprint density at radius 2 is 1.89 bits per heavy atom. The second-order valence-corrected chi connectivity index (χ2v) is 4.79. The van der Waals surface area contributed by atoms with E-state index in [0.717, 1.165) is 29.2 Å². The lowest BCUT2D eigenvalue weighted by Crippen LogP contribution is -2.30. The van der Waals surface area contributed by atoms with Crippen LogP contribution in [0, 0.1) is 0 Å². The van der Waals surface area contributed by atoms with Crippen LogP contribution in [0.2, 0.25) is 0 Å². The van der Waals surface area contributed by atoms with Crippen LogP contribution in [0.3, 0.4) is 0 Å². The molecule has 0 aliphatic rings. The summed E-state index contributed by atoms with van der Waals surface area (Å²) in [6.07, 6.45) is 1.79. The first-order valence-electron chi connectivity index (χ1n) is 6.05. The standard InChI is InChI=1S/C14H16N2OS/c1-3-16(4-2)14(17)12-7-5-11(6-8-12)13-15-9-10-18-13/h5-10H,3-4H2,1-2H3. The molecule has 0 spiro atoms. The highest BCUT2D eigenvalue weighted by Gasteiger charge is 2.12. The largest absolute Gasteiger partial charge is 0.339 e. The lowest BCUT2D eigenvalue weighted by Gasteiger charge is -2.18. The van der Waals surface area contributed by atoms with E-state index in [2.05, 4.69) is 4.98 Å². The first-order valence-corrected chi connectivity index (χ1v) is 6.93. The number of nitrogens with zero attached hydrogens (tertiary/aromatic N) is 2. The van der Waals surface area contributed by atoms with Crippen molar-refractivity contribution in [2.45, 2.75) is 13.8 Å². The predicted octanol–water partition coefficient (Wildman–Crippen LogP) is 3.29. The molecule has 2 rings (SSSR count). The Bertz CT molecular complexity index is 501. The third-order valence-electron chi connectivity index (χ3n) is 2.86. The Morgan fingerprint density at radius 3 is 2.39 bits per heavy atom. The number of benzene rings is 1. The van der Waals surface area contributed by atoms with Crippen LogP contribution in [0.4, 0.5) is 0 Å². The third-order valence-corrected chi connectivity index (χ3v) is 3.68. The zero-order chi connectivity index (χ0) is 13.0. The summed E-state index contributed by atoms with van der Waals surface area (Å²) < 4.78 is 0. The molecule has 0 saturated heterocycles. The van der Waals surface area contributed by atoms with Crippen molar-refractivity contribution >= 4 is 17.2 Å². The van der Waals surface area contributed by atoms with Gasteiger partial charge in [0.1, 0.15) is 5.01 Å². The average molecular weight is 260 g/mol. The van der Waals surface area contributed by atoms with Gasteiger partial charge in [-0.15, -0.1) is 11.3 Å². The van der Waals surface area contributed by atoms with Crippen LogP contribution >= 0.6 is 11.3 Å². The quantitative estimate of drug-likeness (QED) is 0.845. The van der Waals surface area contributed by atoms with Crippen molar-refractivity contribution in [2.75, 3.05) is 13.1 Å². The fourth-order valence-corrected chi connectivity index (χ4v) is 2.46. The SMILES string of the molecule is CCN(CC)C(=O)c1ccc(-c2nccs2)cc1. The molecule has 0 radical (unpaired) electrons. The van der Waals surface area contributed by atoms with Crippen molar-refractivity contribution in [1.29, 1.82) is 0 Å². The van der Waals surface area contributed by atoms with E-state index in [4.69, 9.17) is 0 Å². The molecule has 0 aliphatic heterocycles. The summed E-state index contributed by atoms with van der Waals surface area (Å²) in [7, 11) is 0. The molecule has 1 aromatic heterocycles. The summed E-state index contributed by atoms with van der Waals surface area (Å²) in [6.45, 7) is 5.46. The van der Waals surface area contributed by atoms with Crippen LogP contribution in [0.5, 0.6) is 0 Å². The number of hydrogen-bond donors (Lipinski definition) is 0. The third kappa shape index (κ3) is 2.59. The van der Waals surface area contributed by atoms with Gasteiger partial charge in [0.05, 0.1) is 0 Å². The smallest absolute Gasteiger partial charge is 0.253 e. The maximum absolute atomic E-state index is 12.1. The molecule has 1 heterocycles. The van der Waals surface area contributed by atoms with Gasteiger partial charge in [0.2, 0.25) is 0 Å². The molecule has 2 aromatic rings. The minimum atomic E-state index is 0.0886. The average Bonchev–Trinajstić information content (AvgIpc) is 2.94. The highest BCUT2D eigenvalue weighted by atomic mass is 32.1. The fraction of sp³-hybridized carbons (Fsp3) is 0.286. The zero-order valence-corrected chi connectivity index (χ0v) is 11.4. The van der Waals surface area contributed by atoms with E-state index in [-0.39, 0.29) is 5.91 Å². The number of carbonyl (C=O) groups is 1. The highest BCUT2D eigenvalue weighted by molar-refractivity contribution is 7.13. The molecular formula is C14H16N2OS. The van der Waals surface area contributed by atoms with E-state index in [0.29, 0.717) is 0 Å². The Balaban J connectivity index is 2.20. The number of carbonyl (C=O) groups excluding carboxylic acids is 1. The van der Waals surface area contributed by atoms with Gasteiger partial charge < -0.3 is 4.90 Å². The highest BCUT2D eigenvalue weighted by Crippen LogP contribution is 2.22. The van der Waals surface area contributed by atoms with Gasteiger partial charge >= 0.3 is 0 Å². The minimum Gasteiger partial charge on any atom is -0.339 e. The molecule has 0 aliphatic carbocycles. The molecule has 3 nitrogen and oxygen atoms in total. The van der Waals surface area contributed by atoms with Gasteiger partial charge in [0, 0.05) is 35.8 Å². The van der Waals surface area contributed by atoms with Crippen molar-refractivity contribution in [1.82, 2.24) is 9.88 Å².